The van der Waals surface area contributed by atoms with E-state index in [2.05, 4.69) is 39.8 Å². The fraction of sp³-hybridized carbons (Fsp3) is 0.143. The smallest absolute Gasteiger partial charge is 0.146 e. The van der Waals surface area contributed by atoms with Gasteiger partial charge in [-0.15, -0.1) is 0 Å². The topological polar surface area (TPSA) is 56.7 Å². The monoisotopic (exact) mass is 238 g/mol. The molecule has 90 valence electrons. The number of anilines is 1. The zero-order chi connectivity index (χ0) is 12.5. The molecule has 2 heterocycles. The van der Waals surface area contributed by atoms with Crippen molar-refractivity contribution in [1.29, 1.82) is 0 Å². The summed E-state index contributed by atoms with van der Waals surface area (Å²) in [5, 5.41) is 0.936. The second kappa shape index (κ2) is 4.14. The van der Waals surface area contributed by atoms with Crippen molar-refractivity contribution < 1.29 is 0 Å². The quantitative estimate of drug-likeness (QED) is 0.746. The first-order valence-corrected chi connectivity index (χ1v) is 5.96. The number of benzene rings is 1. The Hall–Kier alpha value is -2.36. The van der Waals surface area contributed by atoms with Gasteiger partial charge in [0.2, 0.25) is 0 Å². The van der Waals surface area contributed by atoms with Crippen molar-refractivity contribution in [3.05, 3.63) is 42.9 Å². The van der Waals surface area contributed by atoms with E-state index < -0.39 is 0 Å². The molecule has 18 heavy (non-hydrogen) atoms. The zero-order valence-corrected chi connectivity index (χ0v) is 10.2. The molecule has 0 bridgehead atoms. The molecular weight excluding hydrogens is 224 g/mol. The number of aromatic nitrogens is 3. The molecule has 0 atom stereocenters. The lowest BCUT2D eigenvalue weighted by Crippen LogP contribution is -1.96. The van der Waals surface area contributed by atoms with Gasteiger partial charge in [-0.2, -0.15) is 0 Å². The van der Waals surface area contributed by atoms with E-state index in [9.17, 15) is 0 Å². The summed E-state index contributed by atoms with van der Waals surface area (Å²) in [6.07, 6.45) is 3.60. The summed E-state index contributed by atoms with van der Waals surface area (Å²) >= 11 is 0. The van der Waals surface area contributed by atoms with E-state index in [1.165, 1.54) is 6.33 Å². The van der Waals surface area contributed by atoms with E-state index in [1.54, 1.807) is 0 Å². The standard InChI is InChI=1S/C14H14N4/c1-2-18-8-11(10-6-4-3-5-7-10)12-13(15)16-9-17-14(12)18/h3-9H,2H2,1H3,(H2,15,16,17). The maximum absolute atomic E-state index is 6.00. The van der Waals surface area contributed by atoms with Crippen LogP contribution in [-0.4, -0.2) is 14.5 Å². The largest absolute Gasteiger partial charge is 0.383 e. The average Bonchev–Trinajstić information content (AvgIpc) is 2.80. The first-order chi connectivity index (χ1) is 8.81. The fourth-order valence-corrected chi connectivity index (χ4v) is 2.22. The van der Waals surface area contributed by atoms with Crippen LogP contribution in [0.5, 0.6) is 0 Å². The van der Waals surface area contributed by atoms with Crippen molar-refractivity contribution in [2.75, 3.05) is 5.73 Å². The molecule has 2 N–H and O–H groups in total. The summed E-state index contributed by atoms with van der Waals surface area (Å²) in [5.74, 6) is 0.533. The summed E-state index contributed by atoms with van der Waals surface area (Å²) in [4.78, 5) is 8.43. The molecule has 0 saturated carbocycles. The third-order valence-electron chi connectivity index (χ3n) is 3.11. The van der Waals surface area contributed by atoms with E-state index in [-0.39, 0.29) is 0 Å². The van der Waals surface area contributed by atoms with Gasteiger partial charge in [0.05, 0.1) is 5.39 Å². The number of hydrogen-bond donors (Lipinski definition) is 1. The van der Waals surface area contributed by atoms with Gasteiger partial charge in [-0.05, 0) is 12.5 Å². The highest BCUT2D eigenvalue weighted by Crippen LogP contribution is 2.32. The minimum absolute atomic E-state index is 0.533. The van der Waals surface area contributed by atoms with Crippen LogP contribution in [0.15, 0.2) is 42.9 Å². The first kappa shape index (κ1) is 10.8. The maximum atomic E-state index is 6.00. The first-order valence-electron chi connectivity index (χ1n) is 5.96. The summed E-state index contributed by atoms with van der Waals surface area (Å²) in [7, 11) is 0. The second-order valence-corrected chi connectivity index (χ2v) is 4.15. The number of nitrogen functional groups attached to an aromatic ring is 1. The van der Waals surface area contributed by atoms with Crippen molar-refractivity contribution in [3.63, 3.8) is 0 Å². The van der Waals surface area contributed by atoms with Crippen LogP contribution in [-0.2, 0) is 6.54 Å². The van der Waals surface area contributed by atoms with Gasteiger partial charge < -0.3 is 10.3 Å². The van der Waals surface area contributed by atoms with E-state index in [0.29, 0.717) is 5.82 Å². The van der Waals surface area contributed by atoms with Gasteiger partial charge in [0, 0.05) is 18.3 Å². The normalized spacial score (nSPS) is 10.9. The molecule has 3 aromatic rings. The van der Waals surface area contributed by atoms with Crippen molar-refractivity contribution in [3.8, 4) is 11.1 Å². The van der Waals surface area contributed by atoms with Crippen LogP contribution in [0.25, 0.3) is 22.2 Å². The Morgan fingerprint density at radius 2 is 1.94 bits per heavy atom. The molecular formula is C14H14N4. The number of hydrogen-bond acceptors (Lipinski definition) is 3. The Morgan fingerprint density at radius 3 is 2.67 bits per heavy atom. The van der Waals surface area contributed by atoms with Crippen LogP contribution in [0.1, 0.15) is 6.92 Å². The number of nitrogens with zero attached hydrogens (tertiary/aromatic N) is 3. The van der Waals surface area contributed by atoms with Crippen LogP contribution >= 0.6 is 0 Å². The van der Waals surface area contributed by atoms with Crippen molar-refractivity contribution >= 4 is 16.9 Å². The van der Waals surface area contributed by atoms with Crippen LogP contribution in [0.3, 0.4) is 0 Å². The molecule has 0 aliphatic heterocycles. The molecule has 0 spiro atoms. The number of aryl methyl sites for hydroxylation is 1. The van der Waals surface area contributed by atoms with Gasteiger partial charge in [-0.25, -0.2) is 9.97 Å². The predicted octanol–water partition coefficient (Wildman–Crippen LogP) is 2.70. The fourth-order valence-electron chi connectivity index (χ4n) is 2.22. The van der Waals surface area contributed by atoms with Crippen LogP contribution < -0.4 is 5.73 Å². The minimum Gasteiger partial charge on any atom is -0.383 e. The van der Waals surface area contributed by atoms with Gasteiger partial charge in [0.25, 0.3) is 0 Å². The molecule has 0 aliphatic carbocycles. The van der Waals surface area contributed by atoms with E-state index >= 15 is 0 Å². The molecule has 0 radical (unpaired) electrons. The molecule has 3 rings (SSSR count). The van der Waals surface area contributed by atoms with Crippen LogP contribution in [0.4, 0.5) is 5.82 Å². The third-order valence-corrected chi connectivity index (χ3v) is 3.11. The molecule has 0 unspecified atom stereocenters. The van der Waals surface area contributed by atoms with Gasteiger partial charge in [0.15, 0.2) is 0 Å². The van der Waals surface area contributed by atoms with E-state index in [1.807, 2.05) is 18.2 Å². The Kier molecular flexibility index (Phi) is 2.48. The van der Waals surface area contributed by atoms with Gasteiger partial charge in [0.1, 0.15) is 17.8 Å². The SMILES string of the molecule is CCn1cc(-c2ccccc2)c2c(N)ncnc21. The summed E-state index contributed by atoms with van der Waals surface area (Å²) in [6, 6.07) is 10.2. The van der Waals surface area contributed by atoms with Crippen molar-refractivity contribution in [1.82, 2.24) is 14.5 Å². The lowest BCUT2D eigenvalue weighted by atomic mass is 10.1. The van der Waals surface area contributed by atoms with Gasteiger partial charge in [-0.1, -0.05) is 30.3 Å². The van der Waals surface area contributed by atoms with E-state index in [0.717, 1.165) is 28.7 Å². The van der Waals surface area contributed by atoms with Gasteiger partial charge in [-0.3, -0.25) is 0 Å². The summed E-state index contributed by atoms with van der Waals surface area (Å²) < 4.78 is 2.09. The summed E-state index contributed by atoms with van der Waals surface area (Å²) in [6.45, 7) is 2.95. The molecule has 0 fully saturated rings. The molecule has 0 saturated heterocycles. The average molecular weight is 238 g/mol. The molecule has 4 heteroatoms. The van der Waals surface area contributed by atoms with Gasteiger partial charge >= 0.3 is 0 Å². The van der Waals surface area contributed by atoms with Crippen LogP contribution in [0, 0.1) is 0 Å². The van der Waals surface area contributed by atoms with Crippen molar-refractivity contribution in [2.45, 2.75) is 13.5 Å². The molecule has 0 aliphatic rings. The molecule has 4 nitrogen and oxygen atoms in total. The Morgan fingerprint density at radius 1 is 1.17 bits per heavy atom. The molecule has 0 amide bonds. The van der Waals surface area contributed by atoms with Crippen molar-refractivity contribution in [2.24, 2.45) is 0 Å². The third kappa shape index (κ3) is 1.54. The maximum Gasteiger partial charge on any atom is 0.146 e. The summed E-state index contributed by atoms with van der Waals surface area (Å²) in [5.41, 5.74) is 9.11. The zero-order valence-electron chi connectivity index (χ0n) is 10.2. The second-order valence-electron chi connectivity index (χ2n) is 4.15. The number of rotatable bonds is 2. The Labute approximate surface area is 105 Å². The highest BCUT2D eigenvalue weighted by atomic mass is 15.1. The minimum atomic E-state index is 0.533. The number of fused-ring (bicyclic) bond motifs is 1. The Bertz CT molecular complexity index is 686. The highest BCUT2D eigenvalue weighted by molar-refractivity contribution is 6.00. The predicted molar refractivity (Wildman–Crippen MR) is 73.1 cm³/mol. The Balaban J connectivity index is 2.36. The lowest BCUT2D eigenvalue weighted by molar-refractivity contribution is 0.787. The molecule has 1 aromatic carbocycles. The highest BCUT2D eigenvalue weighted by Gasteiger charge is 2.13. The van der Waals surface area contributed by atoms with E-state index in [4.69, 9.17) is 5.73 Å². The molecule has 2 aromatic heterocycles. The number of nitrogens with two attached hydrogens (primary N) is 1. The lowest BCUT2D eigenvalue weighted by Gasteiger charge is -2.00. The van der Waals surface area contributed by atoms with Crippen LogP contribution in [0.2, 0.25) is 0 Å².